The Labute approximate surface area is 225 Å². The maximum Gasteiger partial charge on any atom is 0.303 e. The van der Waals surface area contributed by atoms with E-state index in [2.05, 4.69) is 56.4 Å². The van der Waals surface area contributed by atoms with Gasteiger partial charge in [0.15, 0.2) is 0 Å². The largest absolute Gasteiger partial charge is 0.481 e. The van der Waals surface area contributed by atoms with E-state index in [0.29, 0.717) is 23.3 Å². The third-order valence-electron chi connectivity index (χ3n) is 12.0. The first-order chi connectivity index (χ1) is 17.6. The number of aromatic nitrogens is 2. The number of carboxylic acids is 1. The number of fused-ring (bicyclic) bond motifs is 5. The minimum Gasteiger partial charge on any atom is -0.481 e. The van der Waals surface area contributed by atoms with Crippen LogP contribution in [-0.2, 0) is 11.2 Å². The Morgan fingerprint density at radius 2 is 1.92 bits per heavy atom. The van der Waals surface area contributed by atoms with Gasteiger partial charge >= 0.3 is 5.97 Å². The Morgan fingerprint density at radius 1 is 1.11 bits per heavy atom. The summed E-state index contributed by atoms with van der Waals surface area (Å²) >= 11 is 0. The van der Waals surface area contributed by atoms with Crippen LogP contribution in [0.4, 0.5) is 0 Å². The lowest BCUT2D eigenvalue weighted by Crippen LogP contribution is -2.50. The van der Waals surface area contributed by atoms with Gasteiger partial charge in [0.1, 0.15) is 0 Å². The summed E-state index contributed by atoms with van der Waals surface area (Å²) in [5.41, 5.74) is 3.55. The van der Waals surface area contributed by atoms with Crippen molar-refractivity contribution in [3.8, 4) is 0 Å². The number of hydrogen-bond donors (Lipinski definition) is 1. The summed E-state index contributed by atoms with van der Waals surface area (Å²) in [4.78, 5) is 15.5. The molecule has 3 saturated carbocycles. The van der Waals surface area contributed by atoms with Gasteiger partial charge in [0.05, 0.1) is 18.4 Å². The van der Waals surface area contributed by atoms with Gasteiger partial charge in [0.25, 0.3) is 0 Å². The molecule has 0 radical (unpaired) electrons. The van der Waals surface area contributed by atoms with Gasteiger partial charge in [0, 0.05) is 18.7 Å². The Hall–Kier alpha value is -1.58. The second-order valence-corrected chi connectivity index (χ2v) is 14.4. The predicted molar refractivity (Wildman–Crippen MR) is 150 cm³/mol. The van der Waals surface area contributed by atoms with Crippen molar-refractivity contribution in [3.05, 3.63) is 29.9 Å². The topological polar surface area (TPSA) is 55.1 Å². The van der Waals surface area contributed by atoms with Crippen LogP contribution in [0.3, 0.4) is 0 Å². The first-order valence-corrected chi connectivity index (χ1v) is 15.6. The lowest BCUT2D eigenvalue weighted by molar-refractivity contribution is -0.136. The highest BCUT2D eigenvalue weighted by atomic mass is 16.4. The monoisotopic (exact) mass is 508 g/mol. The molecule has 1 heterocycles. The van der Waals surface area contributed by atoms with E-state index in [1.54, 1.807) is 5.57 Å². The quantitative estimate of drug-likeness (QED) is 0.340. The molecule has 4 nitrogen and oxygen atoms in total. The van der Waals surface area contributed by atoms with Crippen molar-refractivity contribution < 1.29 is 9.90 Å². The molecule has 4 heteroatoms. The predicted octanol–water partition coefficient (Wildman–Crippen LogP) is 8.48. The molecule has 0 spiro atoms. The number of hydrogen-bond acceptors (Lipinski definition) is 2. The fourth-order valence-electron chi connectivity index (χ4n) is 9.86. The van der Waals surface area contributed by atoms with E-state index in [9.17, 15) is 4.79 Å². The average molecular weight is 509 g/mol. The molecule has 8 atom stereocenters. The summed E-state index contributed by atoms with van der Waals surface area (Å²) in [6.07, 6.45) is 22.4. The van der Waals surface area contributed by atoms with Crippen molar-refractivity contribution in [2.75, 3.05) is 0 Å². The van der Waals surface area contributed by atoms with Gasteiger partial charge in [-0.3, -0.25) is 4.79 Å². The molecule has 0 amide bonds. The Balaban J connectivity index is 1.26. The van der Waals surface area contributed by atoms with E-state index in [0.717, 1.165) is 47.6 Å². The number of aliphatic carboxylic acids is 1. The smallest absolute Gasteiger partial charge is 0.303 e. The number of allylic oxidation sites excluding steroid dienone is 2. The van der Waals surface area contributed by atoms with Gasteiger partial charge < -0.3 is 9.67 Å². The first-order valence-electron chi connectivity index (χ1n) is 15.6. The zero-order valence-electron chi connectivity index (χ0n) is 24.2. The number of carboxylic acid groups (broad SMARTS) is 1. The third-order valence-corrected chi connectivity index (χ3v) is 12.0. The molecule has 0 saturated heterocycles. The Bertz CT molecular complexity index is 994. The van der Waals surface area contributed by atoms with Crippen molar-refractivity contribution in [3.63, 3.8) is 0 Å². The number of aryl methyl sites for hydroxylation is 1. The lowest BCUT2D eigenvalue weighted by Gasteiger charge is -2.58. The van der Waals surface area contributed by atoms with E-state index in [4.69, 9.17) is 5.11 Å². The van der Waals surface area contributed by atoms with Crippen molar-refractivity contribution in [1.29, 1.82) is 0 Å². The van der Waals surface area contributed by atoms with Gasteiger partial charge in [-0.25, -0.2) is 4.98 Å². The van der Waals surface area contributed by atoms with E-state index in [1.165, 1.54) is 64.2 Å². The molecule has 3 fully saturated rings. The summed E-state index contributed by atoms with van der Waals surface area (Å²) in [7, 11) is 0. The highest BCUT2D eigenvalue weighted by Gasteiger charge is 2.59. The van der Waals surface area contributed by atoms with E-state index in [-0.39, 0.29) is 6.42 Å². The summed E-state index contributed by atoms with van der Waals surface area (Å²) in [6.45, 7) is 12.6. The molecule has 1 N–H and O–H groups in total. The minimum atomic E-state index is -0.748. The molecule has 0 bridgehead atoms. The lowest BCUT2D eigenvalue weighted by atomic mass is 9.47. The number of carbonyl (C=O) groups is 1. The third kappa shape index (κ3) is 5.08. The van der Waals surface area contributed by atoms with Crippen LogP contribution in [0.25, 0.3) is 0 Å². The molecule has 0 aliphatic heterocycles. The number of nitrogens with zero attached hydrogens (tertiary/aromatic N) is 2. The van der Waals surface area contributed by atoms with Crippen LogP contribution in [0.1, 0.15) is 123 Å². The zero-order valence-corrected chi connectivity index (χ0v) is 24.2. The van der Waals surface area contributed by atoms with Crippen LogP contribution < -0.4 is 0 Å². The van der Waals surface area contributed by atoms with Crippen molar-refractivity contribution in [2.45, 2.75) is 124 Å². The van der Waals surface area contributed by atoms with Crippen LogP contribution in [0.2, 0.25) is 0 Å². The van der Waals surface area contributed by atoms with Gasteiger partial charge in [-0.1, -0.05) is 65.5 Å². The van der Waals surface area contributed by atoms with Gasteiger partial charge in [0.2, 0.25) is 0 Å². The molecule has 4 aliphatic rings. The summed E-state index contributed by atoms with van der Waals surface area (Å²) in [5.74, 6) is 4.55. The molecule has 206 valence electrons. The van der Waals surface area contributed by atoms with Gasteiger partial charge in [-0.2, -0.15) is 0 Å². The Morgan fingerprint density at radius 3 is 2.68 bits per heavy atom. The molecule has 4 aliphatic carbocycles. The van der Waals surface area contributed by atoms with E-state index in [1.807, 2.05) is 6.33 Å². The van der Waals surface area contributed by atoms with Crippen LogP contribution in [0.15, 0.2) is 24.2 Å². The molecule has 3 unspecified atom stereocenters. The first kappa shape index (κ1) is 27.0. The maximum absolute atomic E-state index is 11.0. The van der Waals surface area contributed by atoms with Gasteiger partial charge in [-0.05, 0) is 97.7 Å². The van der Waals surface area contributed by atoms with E-state index >= 15 is 0 Å². The number of rotatable bonds is 9. The minimum absolute atomic E-state index is 0.158. The van der Waals surface area contributed by atoms with Crippen molar-refractivity contribution in [1.82, 2.24) is 9.55 Å². The fraction of sp³-hybridized carbons (Fsp3) is 0.818. The second kappa shape index (κ2) is 10.5. The molecule has 37 heavy (non-hydrogen) atoms. The van der Waals surface area contributed by atoms with Crippen LogP contribution >= 0.6 is 0 Å². The summed E-state index contributed by atoms with van der Waals surface area (Å²) in [6, 6.07) is 0.471. The molecule has 1 aromatic rings. The van der Waals surface area contributed by atoms with Crippen LogP contribution in [0.5, 0.6) is 0 Å². The SMILES string of the molecule is CC(C)CCC[C@@H](C)[C@H]1CCC2C3CC=C4C[C@@H](n5cnc(CCC(=O)O)c5)CC[C@]4(C)C3CC[C@@]21C. The Kier molecular flexibility index (Phi) is 7.69. The maximum atomic E-state index is 11.0. The highest BCUT2D eigenvalue weighted by Crippen LogP contribution is 2.67. The second-order valence-electron chi connectivity index (χ2n) is 14.4. The fourth-order valence-corrected chi connectivity index (χ4v) is 9.86. The van der Waals surface area contributed by atoms with Crippen molar-refractivity contribution in [2.24, 2.45) is 46.3 Å². The molecular weight excluding hydrogens is 456 g/mol. The van der Waals surface area contributed by atoms with E-state index < -0.39 is 5.97 Å². The standard InChI is InChI=1S/C33H52N2O2/c1-22(2)7-6-8-23(3)28-12-13-29-27-11-9-24-19-26(35-20-25(34-21-35)10-14-31(36)37)15-17-32(24,4)30(27)16-18-33(28,29)5/h9,20-23,26-30H,6-8,10-19H2,1-5H3,(H,36,37)/t23-,26+,27?,28-,29?,30?,32+,33-/m1/s1. The number of imidazole rings is 1. The average Bonchev–Trinajstić information content (AvgIpc) is 3.46. The van der Waals surface area contributed by atoms with Crippen LogP contribution in [0, 0.1) is 46.3 Å². The molecule has 1 aromatic heterocycles. The van der Waals surface area contributed by atoms with Gasteiger partial charge in [-0.15, -0.1) is 0 Å². The summed E-state index contributed by atoms with van der Waals surface area (Å²) < 4.78 is 2.28. The molecule has 5 rings (SSSR count). The van der Waals surface area contributed by atoms with Crippen molar-refractivity contribution >= 4 is 5.97 Å². The zero-order chi connectivity index (χ0) is 26.4. The molecular formula is C33H52N2O2. The summed E-state index contributed by atoms with van der Waals surface area (Å²) in [5, 5.41) is 9.01. The normalized spacial score (nSPS) is 38.0. The highest BCUT2D eigenvalue weighted by molar-refractivity contribution is 5.66. The molecule has 0 aromatic carbocycles. The van der Waals surface area contributed by atoms with Crippen LogP contribution in [-0.4, -0.2) is 20.6 Å².